The lowest BCUT2D eigenvalue weighted by Crippen LogP contribution is -2.41. The van der Waals surface area contributed by atoms with Gasteiger partial charge in [0.2, 0.25) is 21.8 Å². The molecule has 0 fully saturated rings. The molecular formula is C16H23N3O6S2. The molecule has 0 radical (unpaired) electrons. The normalized spacial score (nSPS) is 15.4. The Bertz CT molecular complexity index is 999. The second kappa shape index (κ2) is 7.47. The first kappa shape index (κ1) is 21.2. The van der Waals surface area contributed by atoms with Gasteiger partial charge in [-0.15, -0.1) is 0 Å². The molecule has 9 nitrogen and oxygen atoms in total. The molecule has 1 aromatic carbocycles. The topological polar surface area (TPSA) is 113 Å². The second-order valence-electron chi connectivity index (χ2n) is 6.21. The van der Waals surface area contributed by atoms with Crippen LogP contribution in [0.25, 0.3) is 0 Å². The van der Waals surface area contributed by atoms with Gasteiger partial charge < -0.3 is 9.08 Å². The van der Waals surface area contributed by atoms with Crippen molar-refractivity contribution < 1.29 is 25.8 Å². The van der Waals surface area contributed by atoms with Crippen LogP contribution in [-0.2, 0) is 29.1 Å². The zero-order valence-corrected chi connectivity index (χ0v) is 17.5. The smallest absolute Gasteiger partial charge is 0.342 e. The fourth-order valence-corrected chi connectivity index (χ4v) is 4.90. The summed E-state index contributed by atoms with van der Waals surface area (Å²) in [6.07, 6.45) is 0.970. The fraction of sp³-hybridized carbons (Fsp3) is 0.500. The SMILES string of the molecule is CCN(CCN(C(C)=O)S(C)(=O)=O)c1cc(C)c2c(c1)S(=O)(=O)OC(C)=N2. The van der Waals surface area contributed by atoms with Crippen molar-refractivity contribution in [2.75, 3.05) is 30.8 Å². The van der Waals surface area contributed by atoms with Crippen LogP contribution in [0.5, 0.6) is 0 Å². The number of hydrogen-bond acceptors (Lipinski definition) is 8. The van der Waals surface area contributed by atoms with Crippen molar-refractivity contribution in [3.63, 3.8) is 0 Å². The lowest BCUT2D eigenvalue weighted by molar-refractivity contribution is -0.124. The number of anilines is 1. The van der Waals surface area contributed by atoms with Crippen molar-refractivity contribution in [2.45, 2.75) is 32.6 Å². The van der Waals surface area contributed by atoms with E-state index in [1.54, 1.807) is 17.9 Å². The highest BCUT2D eigenvalue weighted by Crippen LogP contribution is 2.37. The van der Waals surface area contributed by atoms with Gasteiger partial charge in [-0.1, -0.05) is 0 Å². The van der Waals surface area contributed by atoms with Crippen molar-refractivity contribution >= 4 is 43.3 Å². The average Bonchev–Trinajstić information content (AvgIpc) is 2.50. The molecule has 11 heteroatoms. The number of amides is 1. The second-order valence-corrected chi connectivity index (χ2v) is 9.63. The number of likely N-dealkylation sites (N-methyl/N-ethyl adjacent to an activating group) is 1. The molecule has 1 amide bonds. The number of carbonyl (C=O) groups excluding carboxylic acids is 1. The number of hydrogen-bond donors (Lipinski definition) is 0. The van der Waals surface area contributed by atoms with Gasteiger partial charge in [-0.3, -0.25) is 4.79 Å². The highest BCUT2D eigenvalue weighted by molar-refractivity contribution is 7.88. The molecule has 0 saturated heterocycles. The Morgan fingerprint density at radius 3 is 2.37 bits per heavy atom. The van der Waals surface area contributed by atoms with Crippen molar-refractivity contribution in [1.82, 2.24) is 4.31 Å². The maximum atomic E-state index is 12.3. The van der Waals surface area contributed by atoms with Crippen LogP contribution in [0.3, 0.4) is 0 Å². The molecule has 0 saturated carbocycles. The van der Waals surface area contributed by atoms with Gasteiger partial charge in [0.25, 0.3) is 0 Å². The molecule has 1 aliphatic rings. The van der Waals surface area contributed by atoms with Crippen molar-refractivity contribution in [3.05, 3.63) is 17.7 Å². The van der Waals surface area contributed by atoms with E-state index in [0.29, 0.717) is 23.5 Å². The van der Waals surface area contributed by atoms with Gasteiger partial charge in [0.1, 0.15) is 4.90 Å². The largest absolute Gasteiger partial charge is 0.370 e. The summed E-state index contributed by atoms with van der Waals surface area (Å²) in [5.74, 6) is -0.521. The lowest BCUT2D eigenvalue weighted by atomic mass is 10.1. The van der Waals surface area contributed by atoms with Crippen LogP contribution in [0, 0.1) is 6.92 Å². The number of fused-ring (bicyclic) bond motifs is 1. The molecule has 0 aliphatic carbocycles. The van der Waals surface area contributed by atoms with Gasteiger partial charge >= 0.3 is 10.1 Å². The van der Waals surface area contributed by atoms with Crippen LogP contribution in [0.4, 0.5) is 11.4 Å². The fourth-order valence-electron chi connectivity index (χ4n) is 2.86. The maximum Gasteiger partial charge on any atom is 0.342 e. The molecule has 0 spiro atoms. The van der Waals surface area contributed by atoms with Gasteiger partial charge in [0, 0.05) is 32.6 Å². The lowest BCUT2D eigenvalue weighted by Gasteiger charge is -2.28. The standard InChI is InChI=1S/C16H23N3O6S2/c1-6-18(7-8-19(13(4)20)26(5,21)22)14-9-11(2)16-15(10-14)27(23,24)25-12(3)17-16/h9-10H,6-8H2,1-5H3. The molecular weight excluding hydrogens is 394 g/mol. The van der Waals surface area contributed by atoms with Crippen LogP contribution in [0.2, 0.25) is 0 Å². The van der Waals surface area contributed by atoms with E-state index in [1.165, 1.54) is 19.9 Å². The Morgan fingerprint density at radius 1 is 1.22 bits per heavy atom. The minimum absolute atomic E-state index is 0.0342. The van der Waals surface area contributed by atoms with Crippen LogP contribution < -0.4 is 4.90 Å². The monoisotopic (exact) mass is 417 g/mol. The van der Waals surface area contributed by atoms with Gasteiger partial charge in [0.15, 0.2) is 0 Å². The van der Waals surface area contributed by atoms with E-state index in [1.807, 2.05) is 6.92 Å². The molecule has 0 unspecified atom stereocenters. The van der Waals surface area contributed by atoms with Crippen molar-refractivity contribution in [1.29, 1.82) is 0 Å². The summed E-state index contributed by atoms with van der Waals surface area (Å²) in [7, 11) is -7.64. The third-order valence-corrected chi connectivity index (χ3v) is 6.64. The molecule has 2 rings (SSSR count). The Labute approximate surface area is 159 Å². The number of carbonyl (C=O) groups is 1. The molecule has 0 bridgehead atoms. The van der Waals surface area contributed by atoms with Crippen molar-refractivity contribution in [3.8, 4) is 0 Å². The van der Waals surface area contributed by atoms with E-state index in [4.69, 9.17) is 4.18 Å². The maximum absolute atomic E-state index is 12.3. The summed E-state index contributed by atoms with van der Waals surface area (Å²) >= 11 is 0. The highest BCUT2D eigenvalue weighted by Gasteiger charge is 2.29. The number of aliphatic imine (C=N–C) groups is 1. The van der Waals surface area contributed by atoms with Crippen LogP contribution in [-0.4, -0.2) is 58.8 Å². The summed E-state index contributed by atoms with van der Waals surface area (Å²) in [6, 6.07) is 3.23. The van der Waals surface area contributed by atoms with Crippen LogP contribution >= 0.6 is 0 Å². The van der Waals surface area contributed by atoms with Crippen LogP contribution in [0.1, 0.15) is 26.3 Å². The first-order valence-corrected chi connectivity index (χ1v) is 11.5. The summed E-state index contributed by atoms with van der Waals surface area (Å²) in [4.78, 5) is 17.5. The Kier molecular flexibility index (Phi) is 5.85. The van der Waals surface area contributed by atoms with E-state index < -0.39 is 26.0 Å². The number of rotatable bonds is 6. The predicted molar refractivity (Wildman–Crippen MR) is 102 cm³/mol. The molecule has 150 valence electrons. The summed E-state index contributed by atoms with van der Waals surface area (Å²) in [6.45, 7) is 6.89. The quantitative estimate of drug-likeness (QED) is 0.643. The van der Waals surface area contributed by atoms with Gasteiger partial charge in [-0.05, 0) is 31.5 Å². The van der Waals surface area contributed by atoms with E-state index in [9.17, 15) is 21.6 Å². The highest BCUT2D eigenvalue weighted by atomic mass is 32.2. The average molecular weight is 418 g/mol. The van der Waals surface area contributed by atoms with Gasteiger partial charge in [0.05, 0.1) is 18.5 Å². The Balaban J connectivity index is 2.39. The summed E-state index contributed by atoms with van der Waals surface area (Å²) in [5, 5.41) is 0. The number of benzene rings is 1. The Hall–Kier alpha value is -2.14. The number of aryl methyl sites for hydroxylation is 1. The molecule has 1 aliphatic heterocycles. The zero-order chi connectivity index (χ0) is 20.6. The van der Waals surface area contributed by atoms with Gasteiger partial charge in [-0.2, -0.15) is 8.42 Å². The van der Waals surface area contributed by atoms with E-state index >= 15 is 0 Å². The molecule has 0 atom stereocenters. The van der Waals surface area contributed by atoms with E-state index in [0.717, 1.165) is 10.6 Å². The van der Waals surface area contributed by atoms with E-state index in [-0.39, 0.29) is 23.9 Å². The number of sulfonamides is 1. The minimum atomic E-state index is -3.96. The van der Waals surface area contributed by atoms with Crippen LogP contribution in [0.15, 0.2) is 22.0 Å². The Morgan fingerprint density at radius 2 is 1.85 bits per heavy atom. The third kappa shape index (κ3) is 4.59. The molecule has 1 aromatic rings. The summed E-state index contributed by atoms with van der Waals surface area (Å²) in [5.41, 5.74) is 1.56. The number of nitrogens with zero attached hydrogens (tertiary/aromatic N) is 3. The molecule has 0 aromatic heterocycles. The minimum Gasteiger partial charge on any atom is -0.370 e. The molecule has 0 N–H and O–H groups in total. The van der Waals surface area contributed by atoms with Gasteiger partial charge in [-0.25, -0.2) is 17.7 Å². The zero-order valence-electron chi connectivity index (χ0n) is 15.9. The van der Waals surface area contributed by atoms with Crippen molar-refractivity contribution in [2.24, 2.45) is 4.99 Å². The first-order chi connectivity index (χ1) is 12.4. The summed E-state index contributed by atoms with van der Waals surface area (Å²) < 4.78 is 53.8. The predicted octanol–water partition coefficient (Wildman–Crippen LogP) is 1.40. The first-order valence-electron chi connectivity index (χ1n) is 8.24. The van der Waals surface area contributed by atoms with E-state index in [2.05, 4.69) is 4.99 Å². The third-order valence-electron chi connectivity index (χ3n) is 4.09. The molecule has 27 heavy (non-hydrogen) atoms. The molecule has 1 heterocycles.